The smallest absolute Gasteiger partial charge is 0.435 e. The zero-order valence-corrected chi connectivity index (χ0v) is 12.9. The minimum Gasteiger partial charge on any atom is -0.492 e. The molecule has 0 bridgehead atoms. The molecule has 132 valence electrons. The van der Waals surface area contributed by atoms with Crippen molar-refractivity contribution in [1.29, 1.82) is 0 Å². The number of nitrogens with zero attached hydrogens (tertiary/aromatic N) is 4. The summed E-state index contributed by atoms with van der Waals surface area (Å²) < 4.78 is 53.0. The van der Waals surface area contributed by atoms with Gasteiger partial charge in [-0.2, -0.15) is 23.3 Å². The monoisotopic (exact) mass is 362 g/mol. The first-order chi connectivity index (χ1) is 12.3. The maximum Gasteiger partial charge on any atom is 0.435 e. The number of hydrogen-bond acceptors (Lipinski definition) is 5. The fraction of sp³-hybridized carbons (Fsp3) is 0.0588. The molecule has 0 aliphatic carbocycles. The molecular weight excluding hydrogens is 352 g/mol. The summed E-state index contributed by atoms with van der Waals surface area (Å²) in [4.78, 5) is 7.07. The summed E-state index contributed by atoms with van der Waals surface area (Å²) >= 11 is 0. The van der Waals surface area contributed by atoms with Crippen molar-refractivity contribution in [1.82, 2.24) is 9.97 Å². The normalized spacial score (nSPS) is 11.8. The molecule has 1 N–H and O–H groups in total. The molecule has 1 heterocycles. The van der Waals surface area contributed by atoms with Gasteiger partial charge < -0.3 is 5.11 Å². The van der Waals surface area contributed by atoms with Crippen LogP contribution in [0.3, 0.4) is 0 Å². The summed E-state index contributed by atoms with van der Waals surface area (Å²) in [5.74, 6) is -1.96. The first-order valence-electron chi connectivity index (χ1n) is 7.25. The van der Waals surface area contributed by atoms with E-state index < -0.39 is 35.1 Å². The van der Waals surface area contributed by atoms with Gasteiger partial charge in [0.25, 0.3) is 0 Å². The molecule has 0 atom stereocenters. The molecular formula is C17H10F4N4O. The highest BCUT2D eigenvalue weighted by Crippen LogP contribution is 2.41. The van der Waals surface area contributed by atoms with Gasteiger partial charge in [0.05, 0.1) is 5.69 Å². The van der Waals surface area contributed by atoms with Crippen LogP contribution < -0.4 is 0 Å². The van der Waals surface area contributed by atoms with Crippen molar-refractivity contribution in [2.75, 3.05) is 0 Å². The molecule has 0 aliphatic heterocycles. The van der Waals surface area contributed by atoms with Crippen molar-refractivity contribution in [3.8, 4) is 17.3 Å². The summed E-state index contributed by atoms with van der Waals surface area (Å²) in [7, 11) is 0. The van der Waals surface area contributed by atoms with Crippen LogP contribution in [0.5, 0.6) is 5.88 Å². The number of benzene rings is 2. The SMILES string of the molecule is Oc1nc(-c2ccc(F)cc2)nc(C(F)(F)F)c1/N=N/c1ccccc1. The van der Waals surface area contributed by atoms with E-state index in [0.29, 0.717) is 5.69 Å². The standard InChI is InChI=1S/C17H10F4N4O/c18-11-8-6-10(7-9-11)15-22-14(17(19,20)21)13(16(26)23-15)25-24-12-4-2-1-3-5-12/h1-9H,(H,22,23,26)/b25-24+. The van der Waals surface area contributed by atoms with Gasteiger partial charge in [-0.1, -0.05) is 18.2 Å². The summed E-state index contributed by atoms with van der Waals surface area (Å²) in [6, 6.07) is 12.5. The fourth-order valence-corrected chi connectivity index (χ4v) is 2.06. The molecule has 0 spiro atoms. The van der Waals surface area contributed by atoms with E-state index in [-0.39, 0.29) is 5.56 Å². The predicted octanol–water partition coefficient (Wildman–Crippen LogP) is 5.42. The first kappa shape index (κ1) is 17.5. The second-order valence-electron chi connectivity index (χ2n) is 5.11. The van der Waals surface area contributed by atoms with E-state index in [0.717, 1.165) is 12.1 Å². The summed E-state index contributed by atoms with van der Waals surface area (Å²) in [5, 5.41) is 17.1. The van der Waals surface area contributed by atoms with E-state index in [4.69, 9.17) is 0 Å². The van der Waals surface area contributed by atoms with Crippen LogP contribution in [0.4, 0.5) is 28.9 Å². The lowest BCUT2D eigenvalue weighted by Crippen LogP contribution is -2.10. The van der Waals surface area contributed by atoms with Crippen molar-refractivity contribution >= 4 is 11.4 Å². The number of halogens is 4. The Morgan fingerprint density at radius 1 is 0.846 bits per heavy atom. The van der Waals surface area contributed by atoms with Crippen LogP contribution in [0, 0.1) is 5.82 Å². The zero-order chi connectivity index (χ0) is 18.7. The molecule has 0 unspecified atom stereocenters. The lowest BCUT2D eigenvalue weighted by molar-refractivity contribution is -0.140. The summed E-state index contributed by atoms with van der Waals surface area (Å²) in [5.41, 5.74) is -1.93. The third-order valence-corrected chi connectivity index (χ3v) is 3.26. The van der Waals surface area contributed by atoms with Crippen molar-refractivity contribution in [2.24, 2.45) is 10.2 Å². The minimum atomic E-state index is -4.90. The molecule has 3 aromatic rings. The number of azo groups is 1. The highest BCUT2D eigenvalue weighted by atomic mass is 19.4. The quantitative estimate of drug-likeness (QED) is 0.499. The molecule has 0 saturated carbocycles. The average molecular weight is 362 g/mol. The number of aromatic nitrogens is 2. The Morgan fingerprint density at radius 3 is 2.12 bits per heavy atom. The van der Waals surface area contributed by atoms with Crippen LogP contribution in [0.2, 0.25) is 0 Å². The van der Waals surface area contributed by atoms with Crippen molar-refractivity contribution in [3.63, 3.8) is 0 Å². The summed E-state index contributed by atoms with van der Waals surface area (Å²) in [6.07, 6.45) is -4.90. The molecule has 5 nitrogen and oxygen atoms in total. The minimum absolute atomic E-state index is 0.110. The van der Waals surface area contributed by atoms with Crippen LogP contribution >= 0.6 is 0 Å². The Balaban J connectivity index is 2.10. The third-order valence-electron chi connectivity index (χ3n) is 3.26. The topological polar surface area (TPSA) is 70.7 Å². The van der Waals surface area contributed by atoms with Crippen LogP contribution in [0.1, 0.15) is 5.69 Å². The predicted molar refractivity (Wildman–Crippen MR) is 84.7 cm³/mol. The maximum atomic E-state index is 13.4. The number of hydrogen-bond donors (Lipinski definition) is 1. The van der Waals surface area contributed by atoms with Crippen LogP contribution in [-0.2, 0) is 6.18 Å². The highest BCUT2D eigenvalue weighted by Gasteiger charge is 2.38. The molecule has 2 aromatic carbocycles. The Hall–Kier alpha value is -3.36. The molecule has 0 aliphatic rings. The molecule has 9 heteroatoms. The number of alkyl halides is 3. The lowest BCUT2D eigenvalue weighted by Gasteiger charge is -2.11. The summed E-state index contributed by atoms with van der Waals surface area (Å²) in [6.45, 7) is 0. The molecule has 0 amide bonds. The molecule has 0 fully saturated rings. The third kappa shape index (κ3) is 3.82. The molecule has 3 rings (SSSR count). The lowest BCUT2D eigenvalue weighted by atomic mass is 10.2. The van der Waals surface area contributed by atoms with Crippen LogP contribution in [-0.4, -0.2) is 15.1 Å². The Labute approximate surface area is 144 Å². The largest absolute Gasteiger partial charge is 0.492 e. The second kappa shape index (κ2) is 6.87. The average Bonchev–Trinajstić information content (AvgIpc) is 2.61. The Bertz CT molecular complexity index is 941. The van der Waals surface area contributed by atoms with Gasteiger partial charge in [0.15, 0.2) is 17.2 Å². The van der Waals surface area contributed by atoms with Crippen LogP contribution in [0.15, 0.2) is 64.8 Å². The van der Waals surface area contributed by atoms with Gasteiger partial charge in [-0.15, -0.1) is 5.11 Å². The van der Waals surface area contributed by atoms with Gasteiger partial charge in [0, 0.05) is 5.56 Å². The second-order valence-corrected chi connectivity index (χ2v) is 5.11. The van der Waals surface area contributed by atoms with Crippen molar-refractivity contribution in [3.05, 3.63) is 66.1 Å². The molecule has 1 aromatic heterocycles. The zero-order valence-electron chi connectivity index (χ0n) is 12.9. The fourth-order valence-electron chi connectivity index (χ4n) is 2.06. The molecule has 0 radical (unpaired) electrons. The Kier molecular flexibility index (Phi) is 4.61. The van der Waals surface area contributed by atoms with E-state index in [2.05, 4.69) is 20.2 Å². The van der Waals surface area contributed by atoms with Gasteiger partial charge in [-0.3, -0.25) is 0 Å². The first-order valence-corrected chi connectivity index (χ1v) is 7.25. The highest BCUT2D eigenvalue weighted by molar-refractivity contribution is 5.61. The van der Waals surface area contributed by atoms with Gasteiger partial charge >= 0.3 is 6.18 Å². The number of rotatable bonds is 3. The molecule has 0 saturated heterocycles. The van der Waals surface area contributed by atoms with E-state index in [1.807, 2.05) is 0 Å². The van der Waals surface area contributed by atoms with Crippen molar-refractivity contribution < 1.29 is 22.7 Å². The maximum absolute atomic E-state index is 13.4. The number of aromatic hydroxyl groups is 1. The van der Waals surface area contributed by atoms with Gasteiger partial charge in [-0.25, -0.2) is 9.37 Å². The Morgan fingerprint density at radius 2 is 1.50 bits per heavy atom. The van der Waals surface area contributed by atoms with Gasteiger partial charge in [0.1, 0.15) is 5.82 Å². The van der Waals surface area contributed by atoms with E-state index in [1.165, 1.54) is 24.3 Å². The van der Waals surface area contributed by atoms with E-state index in [9.17, 15) is 22.7 Å². The van der Waals surface area contributed by atoms with Crippen molar-refractivity contribution in [2.45, 2.75) is 6.18 Å². The van der Waals surface area contributed by atoms with Crippen LogP contribution in [0.25, 0.3) is 11.4 Å². The van der Waals surface area contributed by atoms with E-state index in [1.54, 1.807) is 18.2 Å². The molecule has 26 heavy (non-hydrogen) atoms. The van der Waals surface area contributed by atoms with Gasteiger partial charge in [-0.05, 0) is 36.4 Å². The van der Waals surface area contributed by atoms with E-state index >= 15 is 0 Å². The van der Waals surface area contributed by atoms with Gasteiger partial charge in [0.2, 0.25) is 5.88 Å².